The highest BCUT2D eigenvalue weighted by Crippen LogP contribution is 2.38. The van der Waals surface area contributed by atoms with Crippen molar-refractivity contribution in [3.05, 3.63) is 6.33 Å². The second-order valence-electron chi connectivity index (χ2n) is 4.29. The topological polar surface area (TPSA) is 59.1 Å². The zero-order valence-corrected chi connectivity index (χ0v) is 10.7. The van der Waals surface area contributed by atoms with E-state index >= 15 is 0 Å². The van der Waals surface area contributed by atoms with Gasteiger partial charge < -0.3 is 15.4 Å². The van der Waals surface area contributed by atoms with E-state index < -0.39 is 0 Å². The molecular formula is C12H20N4O. The van der Waals surface area contributed by atoms with Crippen LogP contribution >= 0.6 is 0 Å². The molecule has 1 aliphatic rings. The molecule has 1 heterocycles. The number of nitrogens with zero attached hydrogens (tertiary/aromatic N) is 2. The van der Waals surface area contributed by atoms with Crippen LogP contribution in [0.2, 0.25) is 0 Å². The third kappa shape index (κ3) is 2.60. The lowest BCUT2D eigenvalue weighted by Gasteiger charge is -2.13. The zero-order valence-electron chi connectivity index (χ0n) is 10.7. The molecule has 0 bridgehead atoms. The van der Waals surface area contributed by atoms with Crippen LogP contribution in [-0.4, -0.2) is 29.7 Å². The van der Waals surface area contributed by atoms with E-state index in [9.17, 15) is 0 Å². The molecule has 0 radical (unpaired) electrons. The van der Waals surface area contributed by atoms with E-state index in [2.05, 4.69) is 27.5 Å². The molecule has 17 heavy (non-hydrogen) atoms. The molecule has 0 saturated heterocycles. The van der Waals surface area contributed by atoms with Gasteiger partial charge in [-0.1, -0.05) is 13.3 Å². The van der Waals surface area contributed by atoms with Gasteiger partial charge in [-0.05, 0) is 19.3 Å². The maximum Gasteiger partial charge on any atom is 0.204 e. The third-order valence-electron chi connectivity index (χ3n) is 3.12. The number of anilines is 2. The van der Waals surface area contributed by atoms with Gasteiger partial charge in [-0.2, -0.15) is 0 Å². The van der Waals surface area contributed by atoms with Crippen molar-refractivity contribution in [1.82, 2.24) is 9.97 Å². The maximum absolute atomic E-state index is 5.38. The van der Waals surface area contributed by atoms with Crippen molar-refractivity contribution in [2.45, 2.75) is 32.7 Å². The Kier molecular flexibility index (Phi) is 3.66. The molecule has 2 N–H and O–H groups in total. The fourth-order valence-corrected chi connectivity index (χ4v) is 2.01. The standard InChI is InChI=1S/C12H20N4O/c1-4-8-6-9(8)16-12-10(17-3)11(13-5-2)14-7-15-12/h7-9H,4-6H2,1-3H3,(H2,13,14,15,16). The summed E-state index contributed by atoms with van der Waals surface area (Å²) in [4.78, 5) is 8.43. The van der Waals surface area contributed by atoms with Gasteiger partial charge in [0.2, 0.25) is 5.75 Å². The number of rotatable bonds is 6. The largest absolute Gasteiger partial charge is 0.490 e. The second-order valence-corrected chi connectivity index (χ2v) is 4.29. The minimum absolute atomic E-state index is 0.540. The van der Waals surface area contributed by atoms with Crippen LogP contribution in [0, 0.1) is 5.92 Å². The Labute approximate surface area is 102 Å². The van der Waals surface area contributed by atoms with Gasteiger partial charge in [-0.3, -0.25) is 0 Å². The van der Waals surface area contributed by atoms with Gasteiger partial charge >= 0.3 is 0 Å². The summed E-state index contributed by atoms with van der Waals surface area (Å²) in [6, 6.07) is 0.540. The van der Waals surface area contributed by atoms with Crippen LogP contribution in [-0.2, 0) is 0 Å². The van der Waals surface area contributed by atoms with E-state index in [1.165, 1.54) is 12.8 Å². The Balaban J connectivity index is 2.12. The number of hydrogen-bond donors (Lipinski definition) is 2. The van der Waals surface area contributed by atoms with E-state index in [0.29, 0.717) is 11.8 Å². The van der Waals surface area contributed by atoms with E-state index in [0.717, 1.165) is 24.1 Å². The number of aromatic nitrogens is 2. The molecule has 5 heteroatoms. The minimum atomic E-state index is 0.540. The van der Waals surface area contributed by atoms with Crippen LogP contribution in [0.4, 0.5) is 11.6 Å². The summed E-state index contributed by atoms with van der Waals surface area (Å²) in [6.07, 6.45) is 4.00. The predicted molar refractivity (Wildman–Crippen MR) is 68.6 cm³/mol. The van der Waals surface area contributed by atoms with Crippen LogP contribution < -0.4 is 15.4 Å². The molecule has 2 unspecified atom stereocenters. The first-order valence-electron chi connectivity index (χ1n) is 6.19. The summed E-state index contributed by atoms with van der Waals surface area (Å²) in [5, 5.41) is 6.59. The Morgan fingerprint density at radius 1 is 1.35 bits per heavy atom. The van der Waals surface area contributed by atoms with Gasteiger partial charge in [0.15, 0.2) is 11.6 Å². The van der Waals surface area contributed by atoms with E-state index in [-0.39, 0.29) is 0 Å². The minimum Gasteiger partial charge on any atom is -0.490 e. The number of nitrogens with one attached hydrogen (secondary N) is 2. The third-order valence-corrected chi connectivity index (χ3v) is 3.12. The van der Waals surface area contributed by atoms with Crippen LogP contribution in [0.3, 0.4) is 0 Å². The van der Waals surface area contributed by atoms with Gasteiger partial charge in [-0.15, -0.1) is 0 Å². The van der Waals surface area contributed by atoms with Gasteiger partial charge in [0.05, 0.1) is 7.11 Å². The molecule has 1 aromatic heterocycles. The van der Waals surface area contributed by atoms with E-state index in [1.54, 1.807) is 13.4 Å². The van der Waals surface area contributed by atoms with Crippen molar-refractivity contribution < 1.29 is 4.74 Å². The summed E-state index contributed by atoms with van der Waals surface area (Å²) in [7, 11) is 1.65. The first kappa shape index (κ1) is 12.0. The smallest absolute Gasteiger partial charge is 0.204 e. The quantitative estimate of drug-likeness (QED) is 0.792. The van der Waals surface area contributed by atoms with Crippen molar-refractivity contribution in [1.29, 1.82) is 0 Å². The molecule has 0 aromatic carbocycles. The summed E-state index contributed by atoms with van der Waals surface area (Å²) < 4.78 is 5.38. The lowest BCUT2D eigenvalue weighted by atomic mass is 10.3. The molecular weight excluding hydrogens is 216 g/mol. The Bertz CT molecular complexity index is 383. The first-order chi connectivity index (χ1) is 8.30. The molecule has 1 aromatic rings. The Morgan fingerprint density at radius 3 is 2.71 bits per heavy atom. The van der Waals surface area contributed by atoms with Crippen molar-refractivity contribution >= 4 is 11.6 Å². The van der Waals surface area contributed by atoms with Crippen molar-refractivity contribution in [2.24, 2.45) is 5.92 Å². The summed E-state index contributed by atoms with van der Waals surface area (Å²) >= 11 is 0. The van der Waals surface area contributed by atoms with Crippen LogP contribution in [0.5, 0.6) is 5.75 Å². The highest BCUT2D eigenvalue weighted by molar-refractivity contribution is 5.64. The van der Waals surface area contributed by atoms with Crippen molar-refractivity contribution in [3.8, 4) is 5.75 Å². The molecule has 2 atom stereocenters. The fourth-order valence-electron chi connectivity index (χ4n) is 2.01. The summed E-state index contributed by atoms with van der Waals surface area (Å²) in [5.74, 6) is 3.02. The monoisotopic (exact) mass is 236 g/mol. The molecule has 0 spiro atoms. The molecule has 0 aliphatic heterocycles. The van der Waals surface area contributed by atoms with Crippen LogP contribution in [0.15, 0.2) is 6.33 Å². The zero-order chi connectivity index (χ0) is 12.3. The molecule has 0 amide bonds. The maximum atomic E-state index is 5.38. The van der Waals surface area contributed by atoms with Gasteiger partial charge in [0, 0.05) is 12.6 Å². The molecule has 1 fully saturated rings. The molecule has 2 rings (SSSR count). The SMILES string of the molecule is CCNc1ncnc(NC2CC2CC)c1OC. The van der Waals surface area contributed by atoms with Gasteiger partial charge in [0.25, 0.3) is 0 Å². The molecule has 94 valence electrons. The summed E-state index contributed by atoms with van der Waals surface area (Å²) in [5.41, 5.74) is 0. The van der Waals surface area contributed by atoms with Gasteiger partial charge in [0.1, 0.15) is 6.33 Å². The first-order valence-corrected chi connectivity index (χ1v) is 6.19. The molecule has 1 aliphatic carbocycles. The molecule has 5 nitrogen and oxygen atoms in total. The van der Waals surface area contributed by atoms with Crippen LogP contribution in [0.25, 0.3) is 0 Å². The second kappa shape index (κ2) is 5.21. The number of methoxy groups -OCH3 is 1. The lowest BCUT2D eigenvalue weighted by molar-refractivity contribution is 0.414. The summed E-state index contributed by atoms with van der Waals surface area (Å²) in [6.45, 7) is 5.06. The lowest BCUT2D eigenvalue weighted by Crippen LogP contribution is -2.10. The Morgan fingerprint density at radius 2 is 2.12 bits per heavy atom. The van der Waals surface area contributed by atoms with E-state index in [1.807, 2.05) is 6.92 Å². The number of hydrogen-bond acceptors (Lipinski definition) is 5. The van der Waals surface area contributed by atoms with E-state index in [4.69, 9.17) is 4.74 Å². The average Bonchev–Trinajstić information content (AvgIpc) is 3.08. The van der Waals surface area contributed by atoms with Gasteiger partial charge in [-0.25, -0.2) is 9.97 Å². The Hall–Kier alpha value is -1.52. The number of ether oxygens (including phenoxy) is 1. The van der Waals surface area contributed by atoms with Crippen LogP contribution in [0.1, 0.15) is 26.7 Å². The highest BCUT2D eigenvalue weighted by Gasteiger charge is 2.36. The predicted octanol–water partition coefficient (Wildman–Crippen LogP) is 2.13. The highest BCUT2D eigenvalue weighted by atomic mass is 16.5. The average molecular weight is 236 g/mol. The normalized spacial score (nSPS) is 22.1. The van der Waals surface area contributed by atoms with Crippen molar-refractivity contribution in [2.75, 3.05) is 24.3 Å². The molecule has 1 saturated carbocycles. The van der Waals surface area contributed by atoms with Crippen molar-refractivity contribution in [3.63, 3.8) is 0 Å². The fraction of sp³-hybridized carbons (Fsp3) is 0.667.